The third kappa shape index (κ3) is 3.78. The van der Waals surface area contributed by atoms with Gasteiger partial charge in [0.15, 0.2) is 0 Å². The van der Waals surface area contributed by atoms with E-state index in [1.54, 1.807) is 4.31 Å². The van der Waals surface area contributed by atoms with Crippen molar-refractivity contribution in [1.82, 2.24) is 9.62 Å². The molecule has 2 rings (SSSR count). The average molecular weight is 338 g/mol. The molecular formula is C13H26N2O4S2. The highest BCUT2D eigenvalue weighted by Gasteiger charge is 2.41. The fourth-order valence-electron chi connectivity index (χ4n) is 3.30. The zero-order chi connectivity index (χ0) is 15.7. The lowest BCUT2D eigenvalue weighted by Gasteiger charge is -2.40. The van der Waals surface area contributed by atoms with Crippen LogP contribution in [0.1, 0.15) is 39.0 Å². The monoisotopic (exact) mass is 338 g/mol. The van der Waals surface area contributed by atoms with Crippen LogP contribution in [0.3, 0.4) is 0 Å². The second kappa shape index (κ2) is 6.52. The molecule has 0 radical (unpaired) electrons. The summed E-state index contributed by atoms with van der Waals surface area (Å²) in [4.78, 5) is 0. The molecule has 124 valence electrons. The van der Waals surface area contributed by atoms with Gasteiger partial charge in [-0.05, 0) is 39.7 Å². The highest BCUT2D eigenvalue weighted by Crippen LogP contribution is 2.29. The first-order chi connectivity index (χ1) is 9.78. The van der Waals surface area contributed by atoms with Crippen LogP contribution in [0.4, 0.5) is 0 Å². The van der Waals surface area contributed by atoms with Crippen molar-refractivity contribution >= 4 is 19.9 Å². The number of likely N-dealkylation sites (N-methyl/N-ethyl adjacent to an activating group) is 1. The van der Waals surface area contributed by atoms with Crippen LogP contribution >= 0.6 is 0 Å². The first-order valence-corrected chi connectivity index (χ1v) is 11.0. The van der Waals surface area contributed by atoms with Gasteiger partial charge in [0.05, 0.1) is 16.8 Å². The Bertz CT molecular complexity index is 545. The summed E-state index contributed by atoms with van der Waals surface area (Å²) in [5, 5.41) is 2.61. The quantitative estimate of drug-likeness (QED) is 0.800. The molecule has 0 amide bonds. The zero-order valence-electron chi connectivity index (χ0n) is 12.8. The van der Waals surface area contributed by atoms with Gasteiger partial charge in [-0.1, -0.05) is 6.42 Å². The number of sulfonamides is 1. The van der Waals surface area contributed by atoms with Gasteiger partial charge < -0.3 is 5.32 Å². The van der Waals surface area contributed by atoms with Gasteiger partial charge in [-0.3, -0.25) is 0 Å². The number of nitrogens with zero attached hydrogens (tertiary/aromatic N) is 1. The van der Waals surface area contributed by atoms with Crippen molar-refractivity contribution in [3.05, 3.63) is 0 Å². The maximum absolute atomic E-state index is 12.9. The molecule has 0 saturated carbocycles. The zero-order valence-corrected chi connectivity index (χ0v) is 14.4. The van der Waals surface area contributed by atoms with E-state index in [1.807, 2.05) is 14.0 Å². The molecule has 2 aliphatic rings. The minimum atomic E-state index is -3.41. The maximum Gasteiger partial charge on any atom is 0.217 e. The summed E-state index contributed by atoms with van der Waals surface area (Å²) in [5.41, 5.74) is 0. The Labute approximate surface area is 128 Å². The van der Waals surface area contributed by atoms with Crippen LogP contribution < -0.4 is 5.32 Å². The number of hydrogen-bond acceptors (Lipinski definition) is 5. The molecule has 0 aromatic heterocycles. The molecule has 2 atom stereocenters. The summed E-state index contributed by atoms with van der Waals surface area (Å²) in [6.45, 7) is 2.56. The van der Waals surface area contributed by atoms with Gasteiger partial charge >= 0.3 is 0 Å². The van der Waals surface area contributed by atoms with Crippen molar-refractivity contribution in [2.75, 3.05) is 25.1 Å². The van der Waals surface area contributed by atoms with Gasteiger partial charge in [0.1, 0.15) is 9.84 Å². The Kier molecular flexibility index (Phi) is 5.33. The Balaban J connectivity index is 2.17. The average Bonchev–Trinajstić information content (AvgIpc) is 2.46. The van der Waals surface area contributed by atoms with Gasteiger partial charge in [-0.15, -0.1) is 0 Å². The van der Waals surface area contributed by atoms with Gasteiger partial charge in [-0.25, -0.2) is 16.8 Å². The maximum atomic E-state index is 12.9. The van der Waals surface area contributed by atoms with Crippen LogP contribution in [0.25, 0.3) is 0 Å². The summed E-state index contributed by atoms with van der Waals surface area (Å²) in [6, 6.07) is 0.0830. The van der Waals surface area contributed by atoms with E-state index in [1.165, 1.54) is 0 Å². The normalized spacial score (nSPS) is 30.1. The van der Waals surface area contributed by atoms with E-state index in [0.29, 0.717) is 6.54 Å². The standard InChI is InChI=1S/C13H26N2O4S2/c1-11(14-2)13-5-3-4-8-15(13)21(18,19)12-6-9-20(16,17)10-7-12/h11-14H,3-10H2,1-2H3. The van der Waals surface area contributed by atoms with Crippen molar-refractivity contribution in [2.45, 2.75) is 56.4 Å². The third-order valence-corrected chi connectivity index (χ3v) is 8.92. The fraction of sp³-hybridized carbons (Fsp3) is 1.00. The highest BCUT2D eigenvalue weighted by molar-refractivity contribution is 7.92. The predicted molar refractivity (Wildman–Crippen MR) is 83.5 cm³/mol. The molecule has 0 aromatic rings. The van der Waals surface area contributed by atoms with Crippen LogP contribution in [0.2, 0.25) is 0 Å². The second-order valence-corrected chi connectivity index (χ2v) is 10.6. The first-order valence-electron chi connectivity index (χ1n) is 7.66. The van der Waals surface area contributed by atoms with Crippen molar-refractivity contribution < 1.29 is 16.8 Å². The molecule has 8 heteroatoms. The lowest BCUT2D eigenvalue weighted by atomic mass is 9.99. The van der Waals surface area contributed by atoms with Crippen LogP contribution in [0.15, 0.2) is 0 Å². The van der Waals surface area contributed by atoms with Crippen molar-refractivity contribution in [3.8, 4) is 0 Å². The molecule has 0 bridgehead atoms. The predicted octanol–water partition coefficient (Wildman–Crippen LogP) is 0.356. The van der Waals surface area contributed by atoms with E-state index in [0.717, 1.165) is 19.3 Å². The molecule has 2 unspecified atom stereocenters. The van der Waals surface area contributed by atoms with Gasteiger partial charge in [0.2, 0.25) is 10.0 Å². The summed E-state index contributed by atoms with van der Waals surface area (Å²) >= 11 is 0. The van der Waals surface area contributed by atoms with Gasteiger partial charge in [0.25, 0.3) is 0 Å². The van der Waals surface area contributed by atoms with Crippen molar-refractivity contribution in [1.29, 1.82) is 0 Å². The highest BCUT2D eigenvalue weighted by atomic mass is 32.2. The van der Waals surface area contributed by atoms with Crippen LogP contribution in [0.5, 0.6) is 0 Å². The smallest absolute Gasteiger partial charge is 0.217 e. The molecule has 2 heterocycles. The Morgan fingerprint density at radius 3 is 2.33 bits per heavy atom. The molecule has 2 saturated heterocycles. The Morgan fingerprint density at radius 1 is 1.14 bits per heavy atom. The SMILES string of the molecule is CNC(C)C1CCCCN1S(=O)(=O)C1CCS(=O)(=O)CC1. The second-order valence-electron chi connectivity index (χ2n) is 6.15. The Morgan fingerprint density at radius 2 is 1.76 bits per heavy atom. The van der Waals surface area contributed by atoms with Crippen LogP contribution in [-0.2, 0) is 19.9 Å². The minimum absolute atomic E-state index is 0.00299. The van der Waals surface area contributed by atoms with Crippen LogP contribution in [0, 0.1) is 0 Å². The van der Waals surface area contributed by atoms with E-state index in [4.69, 9.17) is 0 Å². The molecule has 2 fully saturated rings. The summed E-state index contributed by atoms with van der Waals surface area (Å²) < 4.78 is 50.4. The topological polar surface area (TPSA) is 83.6 Å². The van der Waals surface area contributed by atoms with E-state index >= 15 is 0 Å². The van der Waals surface area contributed by atoms with E-state index in [2.05, 4.69) is 5.32 Å². The number of hydrogen-bond donors (Lipinski definition) is 1. The molecule has 0 aromatic carbocycles. The number of nitrogens with one attached hydrogen (secondary N) is 1. The first kappa shape index (κ1) is 17.2. The fourth-order valence-corrected chi connectivity index (χ4v) is 7.35. The number of piperidine rings is 1. The largest absolute Gasteiger partial charge is 0.316 e. The van der Waals surface area contributed by atoms with E-state index in [-0.39, 0.29) is 36.4 Å². The van der Waals surface area contributed by atoms with Crippen molar-refractivity contribution in [3.63, 3.8) is 0 Å². The number of sulfone groups is 1. The van der Waals surface area contributed by atoms with Gasteiger partial charge in [-0.2, -0.15) is 4.31 Å². The van der Waals surface area contributed by atoms with E-state index < -0.39 is 25.1 Å². The number of rotatable bonds is 4. The molecule has 21 heavy (non-hydrogen) atoms. The third-order valence-electron chi connectivity index (χ3n) is 4.78. The molecular weight excluding hydrogens is 312 g/mol. The van der Waals surface area contributed by atoms with Crippen molar-refractivity contribution in [2.24, 2.45) is 0 Å². The summed E-state index contributed by atoms with van der Waals surface area (Å²) in [7, 11) is -4.60. The molecule has 1 N–H and O–H groups in total. The molecule has 0 aliphatic carbocycles. The molecule has 2 aliphatic heterocycles. The summed E-state index contributed by atoms with van der Waals surface area (Å²) in [6.07, 6.45) is 3.27. The van der Waals surface area contributed by atoms with E-state index in [9.17, 15) is 16.8 Å². The summed E-state index contributed by atoms with van der Waals surface area (Å²) in [5.74, 6) is -0.00598. The molecule has 6 nitrogen and oxygen atoms in total. The van der Waals surface area contributed by atoms with Gasteiger partial charge in [0, 0.05) is 18.6 Å². The lowest BCUT2D eigenvalue weighted by molar-refractivity contribution is 0.211. The lowest BCUT2D eigenvalue weighted by Crippen LogP contribution is -2.55. The Hall–Kier alpha value is -0.180. The molecule has 0 spiro atoms. The van der Waals surface area contributed by atoms with Crippen LogP contribution in [-0.4, -0.2) is 63.6 Å². The minimum Gasteiger partial charge on any atom is -0.316 e.